The molecule has 6 heteroatoms. The summed E-state index contributed by atoms with van der Waals surface area (Å²) in [4.78, 5) is 4.30. The molecule has 0 bridgehead atoms. The van der Waals surface area contributed by atoms with Crippen molar-refractivity contribution in [3.05, 3.63) is 65.7 Å². The molecule has 0 atom stereocenters. The molecular formula is C23H31N3O3. The Hall–Kier alpha value is -3.15. The van der Waals surface area contributed by atoms with Gasteiger partial charge in [0.15, 0.2) is 17.5 Å². The maximum absolute atomic E-state index is 5.50. The zero-order chi connectivity index (χ0) is 21.1. The van der Waals surface area contributed by atoms with Crippen LogP contribution in [-0.4, -0.2) is 40.9 Å². The summed E-state index contributed by atoms with van der Waals surface area (Å²) in [5, 5.41) is 6.69. The quantitative estimate of drug-likeness (QED) is 0.366. The van der Waals surface area contributed by atoms with Gasteiger partial charge in [0, 0.05) is 25.7 Å². The highest BCUT2D eigenvalue weighted by molar-refractivity contribution is 5.79. The van der Waals surface area contributed by atoms with E-state index in [1.807, 2.05) is 30.3 Å². The van der Waals surface area contributed by atoms with E-state index < -0.39 is 0 Å². The first-order valence-corrected chi connectivity index (χ1v) is 9.57. The fourth-order valence-corrected chi connectivity index (χ4v) is 3.15. The summed E-state index contributed by atoms with van der Waals surface area (Å²) in [7, 11) is 6.74. The number of hydrogen-bond acceptors (Lipinski definition) is 4. The van der Waals surface area contributed by atoms with Gasteiger partial charge in [-0.15, -0.1) is 6.58 Å². The first-order chi connectivity index (χ1) is 14.2. The molecule has 2 aromatic rings. The van der Waals surface area contributed by atoms with Gasteiger partial charge in [0.2, 0.25) is 0 Å². The lowest BCUT2D eigenvalue weighted by Crippen LogP contribution is -2.37. The Morgan fingerprint density at radius 1 is 1.00 bits per heavy atom. The molecule has 0 aliphatic rings. The fraction of sp³-hybridized carbons (Fsp3) is 0.348. The van der Waals surface area contributed by atoms with Gasteiger partial charge >= 0.3 is 0 Å². The van der Waals surface area contributed by atoms with Crippen molar-refractivity contribution >= 4 is 5.96 Å². The highest BCUT2D eigenvalue weighted by Gasteiger charge is 2.12. The van der Waals surface area contributed by atoms with Crippen molar-refractivity contribution in [1.29, 1.82) is 0 Å². The van der Waals surface area contributed by atoms with Crippen molar-refractivity contribution in [2.45, 2.75) is 19.4 Å². The van der Waals surface area contributed by atoms with Crippen LogP contribution in [0.4, 0.5) is 0 Å². The van der Waals surface area contributed by atoms with Crippen LogP contribution in [-0.2, 0) is 19.4 Å². The van der Waals surface area contributed by atoms with Gasteiger partial charge in [-0.05, 0) is 42.2 Å². The number of guanidine groups is 1. The van der Waals surface area contributed by atoms with Gasteiger partial charge in [-0.25, -0.2) is 0 Å². The molecule has 2 rings (SSSR count). The number of benzene rings is 2. The van der Waals surface area contributed by atoms with Crippen LogP contribution in [0.25, 0.3) is 0 Å². The van der Waals surface area contributed by atoms with Crippen molar-refractivity contribution in [3.63, 3.8) is 0 Å². The maximum Gasteiger partial charge on any atom is 0.191 e. The molecule has 0 amide bonds. The van der Waals surface area contributed by atoms with Crippen LogP contribution >= 0.6 is 0 Å². The topological polar surface area (TPSA) is 64.1 Å². The SMILES string of the molecule is C=CCc1cc(CNC(=NC)NCCc2ccccc2OC)cc(OC)c1OC. The van der Waals surface area contributed by atoms with Gasteiger partial charge in [-0.1, -0.05) is 24.3 Å². The number of allylic oxidation sites excluding steroid dienone is 1. The average molecular weight is 398 g/mol. The second-order valence-electron chi connectivity index (χ2n) is 6.40. The van der Waals surface area contributed by atoms with Crippen LogP contribution in [0.15, 0.2) is 54.0 Å². The summed E-state index contributed by atoms with van der Waals surface area (Å²) in [6.07, 6.45) is 3.40. The smallest absolute Gasteiger partial charge is 0.191 e. The first kappa shape index (κ1) is 22.1. The molecule has 6 nitrogen and oxygen atoms in total. The van der Waals surface area contributed by atoms with Crippen LogP contribution in [0.5, 0.6) is 17.2 Å². The Morgan fingerprint density at radius 2 is 1.76 bits per heavy atom. The number of ether oxygens (including phenoxy) is 3. The molecule has 0 fully saturated rings. The van der Waals surface area contributed by atoms with Crippen molar-refractivity contribution in [3.8, 4) is 17.2 Å². The predicted octanol–water partition coefficient (Wildman–Crippen LogP) is 3.35. The van der Waals surface area contributed by atoms with Crippen molar-refractivity contribution in [1.82, 2.24) is 10.6 Å². The van der Waals surface area contributed by atoms with E-state index >= 15 is 0 Å². The molecule has 2 aromatic carbocycles. The molecule has 0 unspecified atom stereocenters. The van der Waals surface area contributed by atoms with Crippen LogP contribution in [0.1, 0.15) is 16.7 Å². The third kappa shape index (κ3) is 6.17. The van der Waals surface area contributed by atoms with E-state index in [4.69, 9.17) is 14.2 Å². The zero-order valence-electron chi connectivity index (χ0n) is 17.7. The summed E-state index contributed by atoms with van der Waals surface area (Å²) in [6.45, 7) is 5.18. The highest BCUT2D eigenvalue weighted by atomic mass is 16.5. The molecule has 0 saturated carbocycles. The number of nitrogens with zero attached hydrogens (tertiary/aromatic N) is 1. The molecule has 0 aromatic heterocycles. The monoisotopic (exact) mass is 397 g/mol. The Morgan fingerprint density at radius 3 is 2.41 bits per heavy atom. The van der Waals surface area contributed by atoms with Crippen LogP contribution < -0.4 is 24.8 Å². The van der Waals surface area contributed by atoms with E-state index in [1.165, 1.54) is 0 Å². The standard InChI is InChI=1S/C23H31N3O3/c1-6-9-19-14-17(15-21(28-4)22(19)29-5)16-26-23(24-2)25-13-12-18-10-7-8-11-20(18)27-3/h6-8,10-11,14-15H,1,9,12-13,16H2,2-5H3,(H2,24,25,26). The van der Waals surface area contributed by atoms with Gasteiger partial charge in [0.05, 0.1) is 21.3 Å². The van der Waals surface area contributed by atoms with Crippen LogP contribution in [0, 0.1) is 0 Å². The molecule has 29 heavy (non-hydrogen) atoms. The highest BCUT2D eigenvalue weighted by Crippen LogP contribution is 2.33. The Kier molecular flexibility index (Phi) is 8.89. The lowest BCUT2D eigenvalue weighted by atomic mass is 10.1. The van der Waals surface area contributed by atoms with Gasteiger partial charge < -0.3 is 24.8 Å². The Labute approximate surface area is 173 Å². The van der Waals surface area contributed by atoms with Gasteiger partial charge in [0.1, 0.15) is 5.75 Å². The van der Waals surface area contributed by atoms with E-state index in [2.05, 4.69) is 34.3 Å². The minimum absolute atomic E-state index is 0.610. The number of methoxy groups -OCH3 is 3. The van der Waals surface area contributed by atoms with Crippen molar-refractivity contribution in [2.24, 2.45) is 4.99 Å². The lowest BCUT2D eigenvalue weighted by Gasteiger charge is -2.16. The normalized spacial score (nSPS) is 11.0. The van der Waals surface area contributed by atoms with E-state index in [9.17, 15) is 0 Å². The number of rotatable bonds is 10. The van der Waals surface area contributed by atoms with E-state index in [1.54, 1.807) is 28.4 Å². The third-order valence-electron chi connectivity index (χ3n) is 4.54. The molecule has 2 N–H and O–H groups in total. The summed E-state index contributed by atoms with van der Waals surface area (Å²) < 4.78 is 16.4. The number of hydrogen-bond donors (Lipinski definition) is 2. The second kappa shape index (κ2) is 11.6. The Bertz CT molecular complexity index is 834. The average Bonchev–Trinajstić information content (AvgIpc) is 2.76. The number of para-hydroxylation sites is 1. The van der Waals surface area contributed by atoms with Crippen LogP contribution in [0.2, 0.25) is 0 Å². The summed E-state index contributed by atoms with van der Waals surface area (Å²) in [5.41, 5.74) is 3.27. The first-order valence-electron chi connectivity index (χ1n) is 9.57. The number of aliphatic imine (C=N–C) groups is 1. The third-order valence-corrected chi connectivity index (χ3v) is 4.54. The van der Waals surface area contributed by atoms with Crippen molar-refractivity contribution < 1.29 is 14.2 Å². The molecule has 0 heterocycles. The maximum atomic E-state index is 5.50. The zero-order valence-corrected chi connectivity index (χ0v) is 17.7. The second-order valence-corrected chi connectivity index (χ2v) is 6.40. The summed E-state index contributed by atoms with van der Waals surface area (Å²) >= 11 is 0. The van der Waals surface area contributed by atoms with Gasteiger partial charge in [-0.3, -0.25) is 4.99 Å². The Balaban J connectivity index is 1.98. The minimum Gasteiger partial charge on any atom is -0.496 e. The lowest BCUT2D eigenvalue weighted by molar-refractivity contribution is 0.352. The molecule has 0 radical (unpaired) electrons. The van der Waals surface area contributed by atoms with Gasteiger partial charge in [-0.2, -0.15) is 0 Å². The molecule has 0 aliphatic heterocycles. The summed E-state index contributed by atoms with van der Waals surface area (Å²) in [5.74, 6) is 3.09. The predicted molar refractivity (Wildman–Crippen MR) is 118 cm³/mol. The molecule has 0 aliphatic carbocycles. The number of nitrogens with one attached hydrogen (secondary N) is 2. The molecule has 0 saturated heterocycles. The molecular weight excluding hydrogens is 366 g/mol. The fourth-order valence-electron chi connectivity index (χ4n) is 3.15. The van der Waals surface area contributed by atoms with E-state index in [-0.39, 0.29) is 0 Å². The van der Waals surface area contributed by atoms with E-state index in [0.717, 1.165) is 47.1 Å². The summed E-state index contributed by atoms with van der Waals surface area (Å²) in [6, 6.07) is 12.1. The van der Waals surface area contributed by atoms with Crippen molar-refractivity contribution in [2.75, 3.05) is 34.9 Å². The van der Waals surface area contributed by atoms with E-state index in [0.29, 0.717) is 18.7 Å². The molecule has 0 spiro atoms. The minimum atomic E-state index is 0.610. The van der Waals surface area contributed by atoms with Gasteiger partial charge in [0.25, 0.3) is 0 Å². The largest absolute Gasteiger partial charge is 0.496 e. The van der Waals surface area contributed by atoms with Crippen LogP contribution in [0.3, 0.4) is 0 Å². The molecule has 156 valence electrons.